The van der Waals surface area contributed by atoms with Crippen molar-refractivity contribution < 1.29 is 9.72 Å². The number of carbonyl (C=O) groups is 1. The number of carbonyl (C=O) groups excluding carboxylic acids is 1. The average Bonchev–Trinajstić information content (AvgIpc) is 2.48. The molecule has 2 atom stereocenters. The van der Waals surface area contributed by atoms with E-state index >= 15 is 0 Å². The maximum Gasteiger partial charge on any atom is 0.298 e. The third-order valence-corrected chi connectivity index (χ3v) is 4.13. The molecule has 1 heterocycles. The molecule has 0 saturated heterocycles. The lowest BCUT2D eigenvalue weighted by molar-refractivity contribution is -0.508. The van der Waals surface area contributed by atoms with Gasteiger partial charge in [0.05, 0.1) is 0 Å². The summed E-state index contributed by atoms with van der Waals surface area (Å²) in [6, 6.07) is 9.87. The van der Waals surface area contributed by atoms with Gasteiger partial charge in [-0.2, -0.15) is 0 Å². The largest absolute Gasteiger partial charge is 0.371 e. The molecular weight excluding hydrogens is 304 g/mol. The highest BCUT2D eigenvalue weighted by Crippen LogP contribution is 2.36. The van der Waals surface area contributed by atoms with Gasteiger partial charge >= 0.3 is 0 Å². The Hall–Kier alpha value is -2.40. The van der Waals surface area contributed by atoms with Gasteiger partial charge in [-0.05, 0) is 36.2 Å². The molecule has 0 aromatic heterocycles. The van der Waals surface area contributed by atoms with Crippen LogP contribution < -0.4 is 5.32 Å². The van der Waals surface area contributed by atoms with Gasteiger partial charge < -0.3 is 5.32 Å². The lowest BCUT2D eigenvalue weighted by atomic mass is 9.87. The van der Waals surface area contributed by atoms with Gasteiger partial charge in [-0.15, -0.1) is 0 Å². The summed E-state index contributed by atoms with van der Waals surface area (Å²) in [6.07, 6.45) is 0. The highest BCUT2D eigenvalue weighted by atomic mass is 35.5. The van der Waals surface area contributed by atoms with Crippen LogP contribution in [0.4, 0.5) is 5.69 Å². The van der Waals surface area contributed by atoms with Crippen molar-refractivity contribution in [3.63, 3.8) is 0 Å². The fraction of sp³-hybridized carbons (Fsp3) is 0.188. The van der Waals surface area contributed by atoms with Crippen molar-refractivity contribution in [1.82, 2.24) is 0 Å². The number of fused-ring (bicyclic) bond motifs is 1. The fourth-order valence-corrected chi connectivity index (χ4v) is 2.89. The number of aryl methyl sites for hydroxylation is 1. The molecule has 0 spiro atoms. The molecule has 1 N–H and O–H groups in total. The van der Waals surface area contributed by atoms with Gasteiger partial charge in [-0.3, -0.25) is 14.9 Å². The minimum Gasteiger partial charge on any atom is -0.371 e. The van der Waals surface area contributed by atoms with E-state index in [2.05, 4.69) is 5.32 Å². The van der Waals surface area contributed by atoms with Crippen LogP contribution in [-0.2, 0) is 0 Å². The average molecular weight is 317 g/mol. The first-order valence-corrected chi connectivity index (χ1v) is 7.16. The Morgan fingerprint density at radius 1 is 1.18 bits per heavy atom. The Morgan fingerprint density at radius 2 is 1.86 bits per heavy atom. The Morgan fingerprint density at radius 3 is 2.50 bits per heavy atom. The van der Waals surface area contributed by atoms with Gasteiger partial charge in [0, 0.05) is 21.2 Å². The van der Waals surface area contributed by atoms with Crippen molar-refractivity contribution in [3.8, 4) is 0 Å². The number of nitrogens with zero attached hydrogens (tertiary/aromatic N) is 1. The molecular formula is C16H13ClN2O3. The zero-order chi connectivity index (χ0) is 15.9. The molecule has 1 aliphatic rings. The van der Waals surface area contributed by atoms with Gasteiger partial charge in [-0.1, -0.05) is 35.9 Å². The highest BCUT2D eigenvalue weighted by Gasteiger charge is 2.45. The molecule has 22 heavy (non-hydrogen) atoms. The van der Waals surface area contributed by atoms with Crippen LogP contribution in [0.5, 0.6) is 0 Å². The highest BCUT2D eigenvalue weighted by molar-refractivity contribution is 6.30. The van der Waals surface area contributed by atoms with Crippen molar-refractivity contribution in [2.24, 2.45) is 0 Å². The van der Waals surface area contributed by atoms with E-state index in [0.29, 0.717) is 21.8 Å². The van der Waals surface area contributed by atoms with Crippen LogP contribution in [0.2, 0.25) is 5.02 Å². The van der Waals surface area contributed by atoms with Crippen molar-refractivity contribution in [1.29, 1.82) is 0 Å². The molecule has 0 amide bonds. The molecule has 0 unspecified atom stereocenters. The smallest absolute Gasteiger partial charge is 0.298 e. The predicted molar refractivity (Wildman–Crippen MR) is 84.1 cm³/mol. The minimum absolute atomic E-state index is 0.368. The number of hydrogen-bond donors (Lipinski definition) is 1. The molecule has 5 nitrogen and oxygen atoms in total. The number of anilines is 1. The van der Waals surface area contributed by atoms with Gasteiger partial charge in [0.1, 0.15) is 6.04 Å². The van der Waals surface area contributed by atoms with E-state index in [1.54, 1.807) is 36.4 Å². The summed E-state index contributed by atoms with van der Waals surface area (Å²) >= 11 is 5.86. The Labute approximate surface area is 132 Å². The molecule has 0 fully saturated rings. The second-order valence-corrected chi connectivity index (χ2v) is 5.70. The number of Topliss-reactive ketones (excluding diaryl/α,β-unsaturated/α-hetero) is 1. The van der Waals surface area contributed by atoms with E-state index in [1.807, 2.05) is 13.0 Å². The van der Waals surface area contributed by atoms with Crippen molar-refractivity contribution in [2.45, 2.75) is 19.0 Å². The lowest BCUT2D eigenvalue weighted by Gasteiger charge is -2.29. The molecule has 0 saturated carbocycles. The number of halogens is 1. The van der Waals surface area contributed by atoms with E-state index in [-0.39, 0.29) is 0 Å². The SMILES string of the molecule is Cc1cccc2c1N[C@H](c1ccc(Cl)cc1)[C@@H]([N+](=O)[O-])C2=O. The summed E-state index contributed by atoms with van der Waals surface area (Å²) in [5, 5.41) is 15.1. The number of rotatable bonds is 2. The molecule has 6 heteroatoms. The van der Waals surface area contributed by atoms with Crippen LogP contribution in [0.15, 0.2) is 42.5 Å². The van der Waals surface area contributed by atoms with Gasteiger partial charge in [0.2, 0.25) is 5.78 Å². The summed E-state index contributed by atoms with van der Waals surface area (Å²) in [6.45, 7) is 1.87. The first-order chi connectivity index (χ1) is 10.5. The normalized spacial score (nSPS) is 20.2. The van der Waals surface area contributed by atoms with Crippen LogP contribution in [0.25, 0.3) is 0 Å². The van der Waals surface area contributed by atoms with Crippen LogP contribution in [-0.4, -0.2) is 16.7 Å². The summed E-state index contributed by atoms with van der Waals surface area (Å²) in [7, 11) is 0. The minimum atomic E-state index is -1.35. The maximum absolute atomic E-state index is 12.6. The number of hydrogen-bond acceptors (Lipinski definition) is 4. The van der Waals surface area contributed by atoms with E-state index in [1.165, 1.54) is 0 Å². The Bertz CT molecular complexity index is 758. The molecule has 0 bridgehead atoms. The third-order valence-electron chi connectivity index (χ3n) is 3.88. The maximum atomic E-state index is 12.6. The zero-order valence-electron chi connectivity index (χ0n) is 11.7. The second kappa shape index (κ2) is 5.42. The van der Waals surface area contributed by atoms with E-state index in [9.17, 15) is 14.9 Å². The second-order valence-electron chi connectivity index (χ2n) is 5.27. The number of nitrogens with one attached hydrogen (secondary N) is 1. The molecule has 0 aliphatic carbocycles. The fourth-order valence-electron chi connectivity index (χ4n) is 2.76. The molecule has 112 valence electrons. The zero-order valence-corrected chi connectivity index (χ0v) is 12.5. The number of ketones is 1. The van der Waals surface area contributed by atoms with Crippen LogP contribution >= 0.6 is 11.6 Å². The lowest BCUT2D eigenvalue weighted by Crippen LogP contribution is -2.43. The van der Waals surface area contributed by atoms with E-state index in [4.69, 9.17) is 11.6 Å². The summed E-state index contributed by atoms with van der Waals surface area (Å²) in [4.78, 5) is 23.5. The van der Waals surface area contributed by atoms with E-state index < -0.39 is 22.8 Å². The summed E-state index contributed by atoms with van der Waals surface area (Å²) in [5.41, 5.74) is 2.57. The third kappa shape index (κ3) is 2.33. The molecule has 1 aliphatic heterocycles. The van der Waals surface area contributed by atoms with Crippen molar-refractivity contribution in [3.05, 3.63) is 74.3 Å². The summed E-state index contributed by atoms with van der Waals surface area (Å²) < 4.78 is 0. The Balaban J connectivity index is 2.13. The quantitative estimate of drug-likeness (QED) is 0.678. The van der Waals surface area contributed by atoms with Crippen molar-refractivity contribution >= 4 is 23.1 Å². The molecule has 2 aromatic rings. The number of para-hydroxylation sites is 1. The van der Waals surface area contributed by atoms with E-state index in [0.717, 1.165) is 5.56 Å². The topological polar surface area (TPSA) is 72.2 Å². The number of benzene rings is 2. The number of nitro groups is 1. The standard InChI is InChI=1S/C16H13ClN2O3/c1-9-3-2-4-12-13(9)18-14(15(16(12)20)19(21)22)10-5-7-11(17)8-6-10/h2-8,14-15,18H,1H3/t14-,15-/m1/s1. The summed E-state index contributed by atoms with van der Waals surface area (Å²) in [5.74, 6) is -0.470. The van der Waals surface area contributed by atoms with Crippen LogP contribution in [0, 0.1) is 17.0 Å². The Kier molecular flexibility index (Phi) is 3.58. The molecule has 0 radical (unpaired) electrons. The predicted octanol–water partition coefficient (Wildman–Crippen LogP) is 3.64. The van der Waals surface area contributed by atoms with Crippen LogP contribution in [0.1, 0.15) is 27.5 Å². The van der Waals surface area contributed by atoms with Crippen LogP contribution in [0.3, 0.4) is 0 Å². The van der Waals surface area contributed by atoms with Gasteiger partial charge in [-0.25, -0.2) is 0 Å². The van der Waals surface area contributed by atoms with Gasteiger partial charge in [0.25, 0.3) is 6.04 Å². The van der Waals surface area contributed by atoms with Gasteiger partial charge in [0.15, 0.2) is 0 Å². The first-order valence-electron chi connectivity index (χ1n) is 6.78. The molecule has 2 aromatic carbocycles. The first kappa shape index (κ1) is 14.5. The monoisotopic (exact) mass is 316 g/mol. The van der Waals surface area contributed by atoms with Crippen molar-refractivity contribution in [2.75, 3.05) is 5.32 Å². The molecule has 3 rings (SSSR count).